The van der Waals surface area contributed by atoms with E-state index in [9.17, 15) is 19.5 Å². The summed E-state index contributed by atoms with van der Waals surface area (Å²) >= 11 is 0. The minimum Gasteiger partial charge on any atom is -0.507 e. The summed E-state index contributed by atoms with van der Waals surface area (Å²) in [4.78, 5) is 40.0. The van der Waals surface area contributed by atoms with Crippen molar-refractivity contribution in [3.63, 3.8) is 0 Å². The van der Waals surface area contributed by atoms with Crippen molar-refractivity contribution in [2.75, 3.05) is 26.2 Å². The van der Waals surface area contributed by atoms with E-state index in [1.807, 2.05) is 0 Å². The number of ether oxygens (including phenoxy) is 3. The number of Topliss-reactive ketones (excluding diaryl/α,β-unsaturated/α-hetero) is 1. The summed E-state index contributed by atoms with van der Waals surface area (Å²) in [5, 5.41) is 11.3. The molecule has 1 saturated heterocycles. The highest BCUT2D eigenvalue weighted by molar-refractivity contribution is 6.51. The quantitative estimate of drug-likeness (QED) is 0.249. The van der Waals surface area contributed by atoms with Crippen LogP contribution in [0.25, 0.3) is 5.76 Å². The molecule has 8 heteroatoms. The minimum absolute atomic E-state index is 0.0972. The van der Waals surface area contributed by atoms with Crippen molar-refractivity contribution in [2.45, 2.75) is 6.04 Å². The third kappa shape index (κ3) is 4.33. The summed E-state index contributed by atoms with van der Waals surface area (Å²) in [5.41, 5.74) is 1.27. The number of amides is 1. The number of aliphatic hydroxyl groups is 1. The summed E-state index contributed by atoms with van der Waals surface area (Å²) in [6, 6.07) is 18.7. The van der Waals surface area contributed by atoms with Gasteiger partial charge in [-0.25, -0.2) is 4.79 Å². The Balaban J connectivity index is 1.95. The van der Waals surface area contributed by atoms with Gasteiger partial charge >= 0.3 is 5.97 Å². The van der Waals surface area contributed by atoms with Crippen molar-refractivity contribution >= 4 is 29.1 Å². The molecule has 0 aromatic heterocycles. The van der Waals surface area contributed by atoms with Gasteiger partial charge in [0, 0.05) is 11.3 Å². The smallest absolute Gasteiger partial charge is 0.337 e. The molecule has 1 amide bonds. The molecule has 0 bridgehead atoms. The fraction of sp³-hybridized carbons (Fsp3) is 0.148. The van der Waals surface area contributed by atoms with Crippen LogP contribution in [0.5, 0.6) is 11.5 Å². The average Bonchev–Trinajstić information content (AvgIpc) is 3.17. The molecule has 8 nitrogen and oxygen atoms in total. The van der Waals surface area contributed by atoms with Gasteiger partial charge in [0.2, 0.25) is 0 Å². The number of hydrogen-bond donors (Lipinski definition) is 1. The lowest BCUT2D eigenvalue weighted by molar-refractivity contribution is -0.132. The molecule has 1 atom stereocenters. The number of carbonyl (C=O) groups excluding carboxylic acids is 3. The normalized spacial score (nSPS) is 16.8. The van der Waals surface area contributed by atoms with Gasteiger partial charge in [-0.1, -0.05) is 30.3 Å². The highest BCUT2D eigenvalue weighted by Gasteiger charge is 2.47. The first-order valence-corrected chi connectivity index (χ1v) is 10.7. The van der Waals surface area contributed by atoms with Gasteiger partial charge in [0.05, 0.1) is 38.5 Å². The van der Waals surface area contributed by atoms with Crippen molar-refractivity contribution in [1.82, 2.24) is 0 Å². The largest absolute Gasteiger partial charge is 0.507 e. The first-order chi connectivity index (χ1) is 16.9. The third-order valence-electron chi connectivity index (χ3n) is 5.74. The highest BCUT2D eigenvalue weighted by atomic mass is 16.5. The Kier molecular flexibility index (Phi) is 6.55. The van der Waals surface area contributed by atoms with Crippen LogP contribution in [0.3, 0.4) is 0 Å². The number of aliphatic hydroxyl groups excluding tert-OH is 1. The van der Waals surface area contributed by atoms with Gasteiger partial charge in [0.1, 0.15) is 17.3 Å². The Hall–Kier alpha value is -4.59. The number of anilines is 1. The predicted molar refractivity (Wildman–Crippen MR) is 129 cm³/mol. The summed E-state index contributed by atoms with van der Waals surface area (Å²) in [6.07, 6.45) is 0. The number of benzene rings is 3. The number of rotatable bonds is 6. The van der Waals surface area contributed by atoms with Crippen LogP contribution in [-0.4, -0.2) is 44.1 Å². The van der Waals surface area contributed by atoms with E-state index in [1.54, 1.807) is 66.7 Å². The van der Waals surface area contributed by atoms with E-state index >= 15 is 0 Å². The SMILES string of the molecule is COC(=O)c1cccc(N2C(=O)C(=O)/C(=C(/O)c3cccc(OC)c3)C2c2cccc(OC)c2)c1. The van der Waals surface area contributed by atoms with Crippen molar-refractivity contribution in [1.29, 1.82) is 0 Å². The van der Waals surface area contributed by atoms with Crippen LogP contribution in [0.1, 0.15) is 27.5 Å². The molecule has 3 aromatic rings. The van der Waals surface area contributed by atoms with Gasteiger partial charge in [-0.15, -0.1) is 0 Å². The van der Waals surface area contributed by atoms with Crippen LogP contribution < -0.4 is 14.4 Å². The number of methoxy groups -OCH3 is 3. The molecule has 1 N–H and O–H groups in total. The molecule has 0 aliphatic carbocycles. The Morgan fingerprint density at radius 1 is 0.829 bits per heavy atom. The van der Waals surface area contributed by atoms with Crippen molar-refractivity contribution in [3.05, 3.63) is 95.1 Å². The van der Waals surface area contributed by atoms with Crippen molar-refractivity contribution < 1.29 is 33.7 Å². The van der Waals surface area contributed by atoms with Crippen LogP contribution in [0, 0.1) is 0 Å². The van der Waals surface area contributed by atoms with Crippen molar-refractivity contribution in [3.8, 4) is 11.5 Å². The number of esters is 1. The second-order valence-electron chi connectivity index (χ2n) is 7.72. The second kappa shape index (κ2) is 9.72. The maximum atomic E-state index is 13.3. The molecular formula is C27H23NO7. The van der Waals surface area contributed by atoms with Crippen LogP contribution in [-0.2, 0) is 14.3 Å². The molecule has 178 valence electrons. The maximum Gasteiger partial charge on any atom is 0.337 e. The van der Waals surface area contributed by atoms with Gasteiger partial charge in [-0.05, 0) is 48.0 Å². The summed E-state index contributed by atoms with van der Waals surface area (Å²) in [6.45, 7) is 0. The Morgan fingerprint density at radius 2 is 1.46 bits per heavy atom. The average molecular weight is 473 g/mol. The summed E-state index contributed by atoms with van der Waals surface area (Å²) in [7, 11) is 4.25. The second-order valence-corrected chi connectivity index (χ2v) is 7.72. The van der Waals surface area contributed by atoms with E-state index in [0.29, 0.717) is 28.3 Å². The standard InChI is InChI=1S/C27H23NO7/c1-33-20-11-5-7-16(14-20)23-22(24(29)17-8-6-12-21(15-17)34-2)25(30)26(31)28(23)19-10-4-9-18(13-19)27(32)35-3/h4-15,23,29H,1-3H3/b24-22+. The number of hydrogen-bond acceptors (Lipinski definition) is 7. The molecule has 1 aliphatic rings. The van der Waals surface area contributed by atoms with Crippen LogP contribution in [0.15, 0.2) is 78.4 Å². The van der Waals surface area contributed by atoms with Crippen molar-refractivity contribution in [2.24, 2.45) is 0 Å². The van der Waals surface area contributed by atoms with E-state index < -0.39 is 23.7 Å². The van der Waals surface area contributed by atoms with Gasteiger partial charge in [0.15, 0.2) is 0 Å². The molecule has 0 spiro atoms. The zero-order chi connectivity index (χ0) is 25.1. The molecule has 0 radical (unpaired) electrons. The Labute approximate surface area is 202 Å². The summed E-state index contributed by atoms with van der Waals surface area (Å²) < 4.78 is 15.4. The predicted octanol–water partition coefficient (Wildman–Crippen LogP) is 4.12. The number of nitrogens with zero attached hydrogens (tertiary/aromatic N) is 1. The van der Waals surface area contributed by atoms with E-state index in [0.717, 1.165) is 0 Å². The Bertz CT molecular complexity index is 1340. The molecule has 1 fully saturated rings. The zero-order valence-electron chi connectivity index (χ0n) is 19.3. The highest BCUT2D eigenvalue weighted by Crippen LogP contribution is 2.43. The molecule has 4 rings (SSSR count). The molecule has 1 heterocycles. The lowest BCUT2D eigenvalue weighted by atomic mass is 9.95. The van der Waals surface area contributed by atoms with Crippen LogP contribution >= 0.6 is 0 Å². The van der Waals surface area contributed by atoms with Crippen LogP contribution in [0.2, 0.25) is 0 Å². The minimum atomic E-state index is -0.982. The maximum absolute atomic E-state index is 13.3. The fourth-order valence-corrected chi connectivity index (χ4v) is 4.05. The van der Waals surface area contributed by atoms with Gasteiger partial charge in [-0.2, -0.15) is 0 Å². The zero-order valence-corrected chi connectivity index (χ0v) is 19.3. The Morgan fingerprint density at radius 3 is 2.14 bits per heavy atom. The van der Waals surface area contributed by atoms with E-state index in [1.165, 1.54) is 32.3 Å². The van der Waals surface area contributed by atoms with E-state index in [2.05, 4.69) is 0 Å². The van der Waals surface area contributed by atoms with Gasteiger partial charge in [-0.3, -0.25) is 14.5 Å². The van der Waals surface area contributed by atoms with E-state index in [-0.39, 0.29) is 16.9 Å². The monoisotopic (exact) mass is 473 g/mol. The van der Waals surface area contributed by atoms with Crippen LogP contribution in [0.4, 0.5) is 5.69 Å². The number of ketones is 1. The van der Waals surface area contributed by atoms with E-state index in [4.69, 9.17) is 14.2 Å². The lowest BCUT2D eigenvalue weighted by Gasteiger charge is -2.26. The molecule has 1 unspecified atom stereocenters. The topological polar surface area (TPSA) is 102 Å². The fourth-order valence-electron chi connectivity index (χ4n) is 4.05. The molecule has 1 aliphatic heterocycles. The lowest BCUT2D eigenvalue weighted by Crippen LogP contribution is -2.29. The van der Waals surface area contributed by atoms with Gasteiger partial charge in [0.25, 0.3) is 11.7 Å². The first kappa shape index (κ1) is 23.6. The molecule has 35 heavy (non-hydrogen) atoms. The molecule has 3 aromatic carbocycles. The summed E-state index contributed by atoms with van der Waals surface area (Å²) in [5.74, 6) is -1.64. The molecule has 0 saturated carbocycles. The van der Waals surface area contributed by atoms with Gasteiger partial charge < -0.3 is 19.3 Å². The first-order valence-electron chi connectivity index (χ1n) is 10.7. The number of carbonyl (C=O) groups is 3. The molecular weight excluding hydrogens is 450 g/mol. The third-order valence-corrected chi connectivity index (χ3v) is 5.74.